The molecule has 6 heteroatoms. The summed E-state index contributed by atoms with van der Waals surface area (Å²) >= 11 is 0. The van der Waals surface area contributed by atoms with Crippen molar-refractivity contribution in [1.29, 1.82) is 0 Å². The van der Waals surface area contributed by atoms with Gasteiger partial charge in [-0.3, -0.25) is 4.90 Å². The van der Waals surface area contributed by atoms with Gasteiger partial charge in [-0.1, -0.05) is 0 Å². The fourth-order valence-electron chi connectivity index (χ4n) is 2.33. The Morgan fingerprint density at radius 2 is 1.29 bits per heavy atom. The Balaban J connectivity index is 1.66. The summed E-state index contributed by atoms with van der Waals surface area (Å²) in [5.41, 5.74) is 0. The van der Waals surface area contributed by atoms with Gasteiger partial charge in [-0.2, -0.15) is 0 Å². The molecule has 0 aromatic rings. The zero-order chi connectivity index (χ0) is 12.3. The van der Waals surface area contributed by atoms with Crippen LogP contribution < -0.4 is 0 Å². The van der Waals surface area contributed by atoms with Crippen LogP contribution in [0.1, 0.15) is 0 Å². The van der Waals surface area contributed by atoms with Gasteiger partial charge in [0.05, 0.1) is 11.5 Å². The van der Waals surface area contributed by atoms with Crippen LogP contribution in [0, 0.1) is 0 Å². The molecule has 0 aromatic carbocycles. The van der Waals surface area contributed by atoms with Crippen molar-refractivity contribution in [3.05, 3.63) is 0 Å². The van der Waals surface area contributed by atoms with Gasteiger partial charge in [-0.05, 0) is 7.05 Å². The van der Waals surface area contributed by atoms with Gasteiger partial charge in [-0.25, -0.2) is 8.42 Å². The van der Waals surface area contributed by atoms with Gasteiger partial charge in [0, 0.05) is 52.4 Å². The molecule has 0 aromatic heterocycles. The second-order valence-corrected chi connectivity index (χ2v) is 7.44. The van der Waals surface area contributed by atoms with Gasteiger partial charge in [0.15, 0.2) is 9.84 Å². The third-order valence-electron chi connectivity index (χ3n) is 3.77. The van der Waals surface area contributed by atoms with E-state index in [4.69, 9.17) is 0 Å². The van der Waals surface area contributed by atoms with Crippen LogP contribution in [0.4, 0.5) is 0 Å². The van der Waals surface area contributed by atoms with Crippen LogP contribution >= 0.6 is 0 Å². The molecule has 2 saturated heterocycles. The van der Waals surface area contributed by atoms with Crippen LogP contribution in [0.2, 0.25) is 0 Å². The predicted octanol–water partition coefficient (Wildman–Crippen LogP) is -1.04. The molecule has 2 aliphatic heterocycles. The molecule has 2 heterocycles. The highest BCUT2D eigenvalue weighted by Gasteiger charge is 2.22. The average Bonchev–Trinajstić information content (AvgIpc) is 2.30. The number of rotatable bonds is 3. The Kier molecular flexibility index (Phi) is 4.41. The first-order valence-electron chi connectivity index (χ1n) is 6.39. The van der Waals surface area contributed by atoms with Crippen molar-refractivity contribution in [3.63, 3.8) is 0 Å². The highest BCUT2D eigenvalue weighted by Crippen LogP contribution is 2.05. The molecule has 0 amide bonds. The lowest BCUT2D eigenvalue weighted by Gasteiger charge is -2.34. The van der Waals surface area contributed by atoms with Crippen molar-refractivity contribution in [3.8, 4) is 0 Å². The minimum atomic E-state index is -2.73. The summed E-state index contributed by atoms with van der Waals surface area (Å²) in [6, 6.07) is 0. The predicted molar refractivity (Wildman–Crippen MR) is 69.0 cm³/mol. The zero-order valence-corrected chi connectivity index (χ0v) is 11.5. The van der Waals surface area contributed by atoms with Crippen molar-refractivity contribution in [2.75, 3.05) is 70.9 Å². The maximum atomic E-state index is 11.3. The first-order chi connectivity index (χ1) is 8.05. The molecule has 2 aliphatic rings. The van der Waals surface area contributed by atoms with Crippen LogP contribution in [-0.4, -0.2) is 94.0 Å². The summed E-state index contributed by atoms with van der Waals surface area (Å²) in [5, 5.41) is 0. The summed E-state index contributed by atoms with van der Waals surface area (Å²) in [4.78, 5) is 7.10. The van der Waals surface area contributed by atoms with E-state index in [0.717, 1.165) is 52.4 Å². The van der Waals surface area contributed by atoms with Crippen LogP contribution in [0.3, 0.4) is 0 Å². The van der Waals surface area contributed by atoms with Gasteiger partial charge in [0.2, 0.25) is 0 Å². The maximum Gasteiger partial charge on any atom is 0.152 e. The molecule has 2 rings (SSSR count). The molecule has 17 heavy (non-hydrogen) atoms. The van der Waals surface area contributed by atoms with Gasteiger partial charge in [0.25, 0.3) is 0 Å². The van der Waals surface area contributed by atoms with E-state index >= 15 is 0 Å². The maximum absolute atomic E-state index is 11.3. The van der Waals surface area contributed by atoms with Crippen LogP contribution in [-0.2, 0) is 9.84 Å². The minimum Gasteiger partial charge on any atom is -0.304 e. The minimum absolute atomic E-state index is 0.343. The number of piperazine rings is 1. The van der Waals surface area contributed by atoms with Crippen LogP contribution in [0.5, 0.6) is 0 Å². The topological polar surface area (TPSA) is 43.9 Å². The molecule has 0 atom stereocenters. The van der Waals surface area contributed by atoms with Crippen molar-refractivity contribution in [2.24, 2.45) is 0 Å². The molecule has 0 radical (unpaired) electrons. The third-order valence-corrected chi connectivity index (χ3v) is 5.37. The fourth-order valence-corrected chi connectivity index (χ4v) is 3.61. The molecule has 0 unspecified atom stereocenters. The second kappa shape index (κ2) is 5.65. The third kappa shape index (κ3) is 4.21. The first-order valence-corrected chi connectivity index (χ1v) is 8.21. The standard InChI is InChI=1S/C11H23N3O2S/c1-12-2-4-13(5-3-12)6-7-14-8-10-17(15,16)11-9-14/h2-11H2,1H3. The molecule has 100 valence electrons. The van der Waals surface area contributed by atoms with E-state index in [1.807, 2.05) is 0 Å². The molecular formula is C11H23N3O2S. The number of likely N-dealkylation sites (N-methyl/N-ethyl adjacent to an activating group) is 1. The lowest BCUT2D eigenvalue weighted by molar-refractivity contribution is 0.137. The Morgan fingerprint density at radius 3 is 1.82 bits per heavy atom. The summed E-state index contributed by atoms with van der Waals surface area (Å²) in [6.07, 6.45) is 0. The molecule has 0 aliphatic carbocycles. The van der Waals surface area contributed by atoms with Gasteiger partial charge in [-0.15, -0.1) is 0 Å². The number of hydrogen-bond acceptors (Lipinski definition) is 5. The van der Waals surface area contributed by atoms with E-state index in [1.54, 1.807) is 0 Å². The lowest BCUT2D eigenvalue weighted by atomic mass is 10.3. The van der Waals surface area contributed by atoms with E-state index in [9.17, 15) is 8.42 Å². The molecule has 0 N–H and O–H groups in total. The fraction of sp³-hybridized carbons (Fsp3) is 1.00. The molecule has 0 spiro atoms. The summed E-state index contributed by atoms with van der Waals surface area (Å²) in [7, 11) is -0.569. The van der Waals surface area contributed by atoms with E-state index in [-0.39, 0.29) is 0 Å². The largest absolute Gasteiger partial charge is 0.304 e. The molecular weight excluding hydrogens is 238 g/mol. The number of sulfone groups is 1. The summed E-state index contributed by atoms with van der Waals surface area (Å²) < 4.78 is 22.6. The lowest BCUT2D eigenvalue weighted by Crippen LogP contribution is -2.48. The van der Waals surface area contributed by atoms with Crippen molar-refractivity contribution in [1.82, 2.24) is 14.7 Å². The highest BCUT2D eigenvalue weighted by atomic mass is 32.2. The SMILES string of the molecule is CN1CCN(CCN2CCS(=O)(=O)CC2)CC1. The molecule has 5 nitrogen and oxygen atoms in total. The van der Waals surface area contributed by atoms with Gasteiger partial charge < -0.3 is 9.80 Å². The van der Waals surface area contributed by atoms with Crippen LogP contribution in [0.25, 0.3) is 0 Å². The molecule has 0 bridgehead atoms. The molecule has 0 saturated carbocycles. The molecule has 2 fully saturated rings. The van der Waals surface area contributed by atoms with Crippen molar-refractivity contribution < 1.29 is 8.42 Å². The number of nitrogens with zero attached hydrogens (tertiary/aromatic N) is 3. The Bertz CT molecular complexity index is 323. The first kappa shape index (κ1) is 13.3. The van der Waals surface area contributed by atoms with E-state index < -0.39 is 9.84 Å². The quantitative estimate of drug-likeness (QED) is 0.650. The Morgan fingerprint density at radius 1 is 0.824 bits per heavy atom. The number of hydrogen-bond donors (Lipinski definition) is 0. The van der Waals surface area contributed by atoms with E-state index in [2.05, 4.69) is 21.7 Å². The zero-order valence-electron chi connectivity index (χ0n) is 10.6. The van der Waals surface area contributed by atoms with Crippen LogP contribution in [0.15, 0.2) is 0 Å². The Hall–Kier alpha value is -0.170. The monoisotopic (exact) mass is 261 g/mol. The second-order valence-electron chi connectivity index (χ2n) is 5.14. The smallest absolute Gasteiger partial charge is 0.152 e. The van der Waals surface area contributed by atoms with Crippen molar-refractivity contribution in [2.45, 2.75) is 0 Å². The van der Waals surface area contributed by atoms with Crippen molar-refractivity contribution >= 4 is 9.84 Å². The van der Waals surface area contributed by atoms with Gasteiger partial charge >= 0.3 is 0 Å². The summed E-state index contributed by atoms with van der Waals surface area (Å²) in [6.45, 7) is 8.10. The van der Waals surface area contributed by atoms with E-state index in [0.29, 0.717) is 11.5 Å². The van der Waals surface area contributed by atoms with Gasteiger partial charge in [0.1, 0.15) is 0 Å². The van der Waals surface area contributed by atoms with E-state index in [1.165, 1.54) is 0 Å². The summed E-state index contributed by atoms with van der Waals surface area (Å²) in [5.74, 6) is 0.686. The Labute approximate surface area is 104 Å². The normalized spacial score (nSPS) is 28.3. The highest BCUT2D eigenvalue weighted by molar-refractivity contribution is 7.91. The average molecular weight is 261 g/mol.